The molecule has 0 aromatic heterocycles. The van der Waals surface area contributed by atoms with Crippen molar-refractivity contribution in [1.29, 1.82) is 0 Å². The van der Waals surface area contributed by atoms with Gasteiger partial charge in [0.05, 0.1) is 6.54 Å². The summed E-state index contributed by atoms with van der Waals surface area (Å²) in [5, 5.41) is 52.4. The average molecular weight is 789 g/mol. The van der Waals surface area contributed by atoms with Gasteiger partial charge in [0, 0.05) is 83.8 Å². The van der Waals surface area contributed by atoms with Crippen LogP contribution in [0.1, 0.15) is 130 Å². The molecule has 55 heavy (non-hydrogen) atoms. The molecular weight excluding hydrogens is 720 g/mol. The van der Waals surface area contributed by atoms with Gasteiger partial charge in [0.1, 0.15) is 0 Å². The Morgan fingerprint density at radius 2 is 0.782 bits per heavy atom. The highest BCUT2D eigenvalue weighted by Crippen LogP contribution is 2.12. The van der Waals surface area contributed by atoms with Crippen molar-refractivity contribution in [3.63, 3.8) is 0 Å². The third-order valence-electron chi connectivity index (χ3n) is 8.38. The second-order valence-electron chi connectivity index (χ2n) is 14.5. The highest BCUT2D eigenvalue weighted by molar-refractivity contribution is 5.84. The molecule has 8 N–H and O–H groups in total. The molecule has 0 bridgehead atoms. The molecule has 0 aliphatic heterocycles. The zero-order chi connectivity index (χ0) is 41.6. The number of carbonyl (C=O) groups is 7. The molecule has 0 aliphatic rings. The molecule has 0 aromatic rings. The molecule has 0 fully saturated rings. The van der Waals surface area contributed by atoms with Gasteiger partial charge in [-0.25, -0.2) is 25.0 Å². The number of hydroxylamine groups is 8. The minimum Gasteiger partial charge on any atom is -0.356 e. The fourth-order valence-electron chi connectivity index (χ4n) is 4.85. The quantitative estimate of drug-likeness (QED) is 0.0298. The first-order valence-electron chi connectivity index (χ1n) is 19.5. The monoisotopic (exact) mass is 789 g/mol. The van der Waals surface area contributed by atoms with Crippen molar-refractivity contribution in [3.05, 3.63) is 0 Å². The number of urea groups is 1. The summed E-state index contributed by atoms with van der Waals surface area (Å²) in [6.07, 6.45) is 6.87. The maximum absolute atomic E-state index is 12.2. The molecule has 0 atom stereocenters. The fraction of sp³-hybridized carbons (Fsp3) is 0.806. The predicted molar refractivity (Wildman–Crippen MR) is 200 cm³/mol. The van der Waals surface area contributed by atoms with Gasteiger partial charge in [-0.15, -0.1) is 0 Å². The van der Waals surface area contributed by atoms with E-state index in [9.17, 15) is 54.4 Å². The topological polar surface area (TPSA) is 261 Å². The van der Waals surface area contributed by atoms with Crippen LogP contribution in [-0.2, 0) is 28.8 Å². The number of nitrogens with one attached hydrogen (secondary N) is 4. The van der Waals surface area contributed by atoms with Gasteiger partial charge in [-0.2, -0.15) is 0 Å². The van der Waals surface area contributed by atoms with Crippen molar-refractivity contribution in [3.8, 4) is 0 Å². The molecular formula is C36H68N8O11. The largest absolute Gasteiger partial charge is 0.356 e. The molecule has 0 unspecified atom stereocenters. The van der Waals surface area contributed by atoms with Gasteiger partial charge in [0.15, 0.2) is 0 Å². The minimum atomic E-state index is -0.608. The average Bonchev–Trinajstić information content (AvgIpc) is 3.13. The highest BCUT2D eigenvalue weighted by Gasteiger charge is 2.20. The van der Waals surface area contributed by atoms with E-state index >= 15 is 0 Å². The fourth-order valence-corrected chi connectivity index (χ4v) is 4.85. The van der Waals surface area contributed by atoms with Crippen LogP contribution < -0.4 is 21.3 Å². The predicted octanol–water partition coefficient (Wildman–Crippen LogP) is 2.70. The van der Waals surface area contributed by atoms with Crippen LogP contribution in [-0.4, -0.2) is 135 Å². The molecule has 0 heterocycles. The summed E-state index contributed by atoms with van der Waals surface area (Å²) >= 11 is 0. The Morgan fingerprint density at radius 1 is 0.436 bits per heavy atom. The van der Waals surface area contributed by atoms with Crippen LogP contribution in [0.5, 0.6) is 0 Å². The number of unbranched alkanes of at least 4 members (excludes halogenated alkanes) is 8. The van der Waals surface area contributed by atoms with E-state index in [4.69, 9.17) is 0 Å². The first kappa shape index (κ1) is 50.9. The Morgan fingerprint density at radius 3 is 1.16 bits per heavy atom. The summed E-state index contributed by atoms with van der Waals surface area (Å²) in [7, 11) is 0. The second-order valence-corrected chi connectivity index (χ2v) is 14.5. The maximum atomic E-state index is 12.2. The molecule has 0 saturated carbocycles. The lowest BCUT2D eigenvalue weighted by molar-refractivity contribution is -0.166. The second kappa shape index (κ2) is 30.2. The summed E-state index contributed by atoms with van der Waals surface area (Å²) < 4.78 is 0. The molecule has 0 spiro atoms. The van der Waals surface area contributed by atoms with Crippen LogP contribution in [0.25, 0.3) is 0 Å². The van der Waals surface area contributed by atoms with Crippen LogP contribution in [0.4, 0.5) is 4.79 Å². The van der Waals surface area contributed by atoms with E-state index in [0.717, 1.165) is 12.8 Å². The van der Waals surface area contributed by atoms with E-state index in [-0.39, 0.29) is 69.6 Å². The summed E-state index contributed by atoms with van der Waals surface area (Å²) in [5.74, 6) is -2.27. The van der Waals surface area contributed by atoms with E-state index in [1.807, 2.05) is 20.8 Å². The van der Waals surface area contributed by atoms with Crippen molar-refractivity contribution in [2.24, 2.45) is 5.41 Å². The Bertz CT molecular complexity index is 1170. The molecule has 8 amide bonds. The lowest BCUT2D eigenvalue weighted by Crippen LogP contribution is -2.38. The van der Waals surface area contributed by atoms with Gasteiger partial charge in [-0.1, -0.05) is 20.8 Å². The van der Waals surface area contributed by atoms with Crippen molar-refractivity contribution >= 4 is 41.5 Å². The summed E-state index contributed by atoms with van der Waals surface area (Å²) in [6, 6.07) is -0.608. The Kier molecular flexibility index (Phi) is 28.0. The van der Waals surface area contributed by atoms with E-state index in [1.54, 1.807) is 0 Å². The summed E-state index contributed by atoms with van der Waals surface area (Å²) in [4.78, 5) is 83.1. The van der Waals surface area contributed by atoms with Crippen molar-refractivity contribution in [1.82, 2.24) is 41.5 Å². The third-order valence-corrected chi connectivity index (χ3v) is 8.38. The number of carbonyl (C=O) groups excluding carboxylic acids is 7. The molecule has 19 nitrogen and oxygen atoms in total. The first-order valence-corrected chi connectivity index (χ1v) is 19.5. The van der Waals surface area contributed by atoms with E-state index in [1.165, 1.54) is 6.92 Å². The number of hydrogen-bond acceptors (Lipinski definition) is 11. The minimum absolute atomic E-state index is 0.0218. The molecule has 0 aromatic carbocycles. The maximum Gasteiger partial charge on any atom is 0.341 e. The van der Waals surface area contributed by atoms with Crippen LogP contribution in [0.2, 0.25) is 0 Å². The zero-order valence-electron chi connectivity index (χ0n) is 33.4. The van der Waals surface area contributed by atoms with Gasteiger partial charge in [-0.3, -0.25) is 49.6 Å². The van der Waals surface area contributed by atoms with Crippen molar-refractivity contribution in [2.75, 3.05) is 52.4 Å². The Labute approximate surface area is 325 Å². The van der Waals surface area contributed by atoms with Crippen LogP contribution in [0.15, 0.2) is 0 Å². The summed E-state index contributed by atoms with van der Waals surface area (Å²) in [5.41, 5.74) is -0.444. The van der Waals surface area contributed by atoms with Gasteiger partial charge >= 0.3 is 6.03 Å². The van der Waals surface area contributed by atoms with Gasteiger partial charge < -0.3 is 21.3 Å². The Hall–Kier alpha value is -4.07. The van der Waals surface area contributed by atoms with Gasteiger partial charge in [0.2, 0.25) is 35.4 Å². The number of rotatable bonds is 30. The Balaban J connectivity index is 3.82. The smallest absolute Gasteiger partial charge is 0.341 e. The number of amides is 8. The standard InChI is InChI=1S/C36H68N8O11/c1-29(45)41(52)25-13-5-9-21-37-30(46)17-19-32(48)42(53)26-14-6-10-22-38-31(47)18-20-33(49)43(54)27-15-8-12-24-40-35(51)44(55)28-16-7-11-23-39-34(50)36(2,3)4/h52-55H,5-28H2,1-4H3,(H,37,46)(H,38,47)(H,39,50)(H,40,51). The number of nitrogens with zero attached hydrogens (tertiary/aromatic N) is 4. The first-order chi connectivity index (χ1) is 25.9. The van der Waals surface area contributed by atoms with Crippen LogP contribution in [0.3, 0.4) is 0 Å². The van der Waals surface area contributed by atoms with E-state index < -0.39 is 29.2 Å². The van der Waals surface area contributed by atoms with Crippen molar-refractivity contribution < 1.29 is 54.4 Å². The van der Waals surface area contributed by atoms with Crippen LogP contribution in [0, 0.1) is 5.41 Å². The highest BCUT2D eigenvalue weighted by atomic mass is 16.5. The van der Waals surface area contributed by atoms with Gasteiger partial charge in [-0.05, 0) is 77.0 Å². The van der Waals surface area contributed by atoms with Crippen molar-refractivity contribution in [2.45, 2.75) is 130 Å². The number of hydrogen-bond donors (Lipinski definition) is 8. The van der Waals surface area contributed by atoms with Crippen LogP contribution >= 0.6 is 0 Å². The molecule has 0 saturated heterocycles. The molecule has 0 aliphatic carbocycles. The van der Waals surface area contributed by atoms with E-state index in [0.29, 0.717) is 111 Å². The lowest BCUT2D eigenvalue weighted by Gasteiger charge is -2.18. The summed E-state index contributed by atoms with van der Waals surface area (Å²) in [6.45, 7) is 8.92. The normalized spacial score (nSPS) is 11.0. The molecule has 0 radical (unpaired) electrons. The zero-order valence-corrected chi connectivity index (χ0v) is 33.4. The lowest BCUT2D eigenvalue weighted by atomic mass is 9.96. The third kappa shape index (κ3) is 28.1. The van der Waals surface area contributed by atoms with Gasteiger partial charge in [0.25, 0.3) is 0 Å². The SMILES string of the molecule is CC(=O)N(O)CCCCCNC(=O)CCC(=O)N(O)CCCCCNC(=O)CCC(=O)N(O)CCCCCNC(=O)N(O)CCCCCNC(=O)C(C)(C)C. The van der Waals surface area contributed by atoms with E-state index in [2.05, 4.69) is 21.3 Å². The molecule has 318 valence electrons. The molecule has 19 heteroatoms. The molecule has 0 rings (SSSR count).